The number of hydrogen-bond donors (Lipinski definition) is 2. The minimum Gasteiger partial charge on any atom is -0.326 e. The van der Waals surface area contributed by atoms with Crippen molar-refractivity contribution in [3.05, 3.63) is 35.4 Å². The molecule has 2 nitrogen and oxygen atoms in total. The lowest BCUT2D eigenvalue weighted by Gasteiger charge is -2.34. The number of piperidine rings is 1. The van der Waals surface area contributed by atoms with Crippen molar-refractivity contribution in [2.24, 2.45) is 17.6 Å². The molecule has 1 aromatic rings. The van der Waals surface area contributed by atoms with Crippen LogP contribution < -0.4 is 11.1 Å². The average molecular weight is 218 g/mol. The summed E-state index contributed by atoms with van der Waals surface area (Å²) in [7, 11) is 0. The number of benzene rings is 1. The molecule has 88 valence electrons. The fourth-order valence-electron chi connectivity index (χ4n) is 2.69. The quantitative estimate of drug-likeness (QED) is 0.800. The summed E-state index contributed by atoms with van der Waals surface area (Å²) in [6, 6.07) is 9.23. The molecule has 16 heavy (non-hydrogen) atoms. The van der Waals surface area contributed by atoms with E-state index in [1.807, 2.05) is 0 Å². The normalized spacial score (nSPS) is 30.3. The first kappa shape index (κ1) is 11.6. The van der Waals surface area contributed by atoms with Gasteiger partial charge in [0.25, 0.3) is 0 Å². The Kier molecular flexibility index (Phi) is 3.62. The van der Waals surface area contributed by atoms with Crippen LogP contribution in [0.3, 0.4) is 0 Å². The molecular formula is C14H22N2. The van der Waals surface area contributed by atoms with E-state index in [4.69, 9.17) is 5.73 Å². The molecule has 1 heterocycles. The molecule has 0 aliphatic carbocycles. The summed E-state index contributed by atoms with van der Waals surface area (Å²) in [5.41, 5.74) is 8.22. The van der Waals surface area contributed by atoms with Crippen LogP contribution >= 0.6 is 0 Å². The first-order valence-corrected chi connectivity index (χ1v) is 6.23. The van der Waals surface area contributed by atoms with E-state index < -0.39 is 0 Å². The molecule has 2 rings (SSSR count). The van der Waals surface area contributed by atoms with E-state index >= 15 is 0 Å². The van der Waals surface area contributed by atoms with Crippen molar-refractivity contribution < 1.29 is 0 Å². The fourth-order valence-corrected chi connectivity index (χ4v) is 2.69. The first-order chi connectivity index (χ1) is 7.70. The van der Waals surface area contributed by atoms with Gasteiger partial charge in [0.05, 0.1) is 0 Å². The molecule has 1 fully saturated rings. The Hall–Kier alpha value is -0.860. The highest BCUT2D eigenvalue weighted by Crippen LogP contribution is 2.31. The van der Waals surface area contributed by atoms with Gasteiger partial charge in [-0.15, -0.1) is 0 Å². The lowest BCUT2D eigenvalue weighted by Crippen LogP contribution is -2.37. The summed E-state index contributed by atoms with van der Waals surface area (Å²) in [6.45, 7) is 6.42. The van der Waals surface area contributed by atoms with E-state index in [9.17, 15) is 0 Å². The van der Waals surface area contributed by atoms with Crippen LogP contribution in [0.25, 0.3) is 0 Å². The van der Waals surface area contributed by atoms with Crippen LogP contribution in [0.15, 0.2) is 24.3 Å². The van der Waals surface area contributed by atoms with Gasteiger partial charge in [0.15, 0.2) is 0 Å². The first-order valence-electron chi connectivity index (χ1n) is 6.23. The maximum Gasteiger partial charge on any atom is 0.0346 e. The van der Waals surface area contributed by atoms with Crippen molar-refractivity contribution in [1.82, 2.24) is 5.32 Å². The van der Waals surface area contributed by atoms with Crippen molar-refractivity contribution in [3.8, 4) is 0 Å². The van der Waals surface area contributed by atoms with E-state index in [0.29, 0.717) is 18.5 Å². The topological polar surface area (TPSA) is 38.0 Å². The molecule has 0 saturated carbocycles. The van der Waals surface area contributed by atoms with Crippen LogP contribution in [0.4, 0.5) is 0 Å². The standard InChI is InChI=1S/C14H22N2/c1-10-7-11(2)14(16-9-10)13-5-3-12(8-15)4-6-13/h3-6,10-11,14,16H,7-9,15H2,1-2H3. The molecule has 2 heteroatoms. The summed E-state index contributed by atoms with van der Waals surface area (Å²) in [5.74, 6) is 1.52. The zero-order chi connectivity index (χ0) is 11.5. The van der Waals surface area contributed by atoms with Gasteiger partial charge in [-0.05, 0) is 35.9 Å². The van der Waals surface area contributed by atoms with Crippen molar-refractivity contribution >= 4 is 0 Å². The zero-order valence-corrected chi connectivity index (χ0v) is 10.2. The second kappa shape index (κ2) is 4.98. The van der Waals surface area contributed by atoms with E-state index in [-0.39, 0.29) is 0 Å². The van der Waals surface area contributed by atoms with Gasteiger partial charge in [-0.25, -0.2) is 0 Å². The highest BCUT2D eigenvalue weighted by molar-refractivity contribution is 5.25. The maximum atomic E-state index is 5.61. The van der Waals surface area contributed by atoms with Crippen LogP contribution in [0.2, 0.25) is 0 Å². The monoisotopic (exact) mass is 218 g/mol. The summed E-state index contributed by atoms with van der Waals surface area (Å²) in [6.07, 6.45) is 1.32. The van der Waals surface area contributed by atoms with E-state index in [1.54, 1.807) is 0 Å². The average Bonchev–Trinajstić information content (AvgIpc) is 2.29. The van der Waals surface area contributed by atoms with Crippen molar-refractivity contribution in [2.45, 2.75) is 32.9 Å². The summed E-state index contributed by atoms with van der Waals surface area (Å²) in [5, 5.41) is 3.64. The molecule has 3 unspecified atom stereocenters. The Bertz CT molecular complexity index is 331. The van der Waals surface area contributed by atoms with Crippen LogP contribution in [-0.2, 0) is 6.54 Å². The van der Waals surface area contributed by atoms with Crippen LogP contribution in [0.1, 0.15) is 37.4 Å². The largest absolute Gasteiger partial charge is 0.326 e. The Morgan fingerprint density at radius 2 is 1.94 bits per heavy atom. The third-order valence-corrected chi connectivity index (χ3v) is 3.60. The minimum atomic E-state index is 0.517. The van der Waals surface area contributed by atoms with E-state index in [1.165, 1.54) is 17.5 Å². The number of hydrogen-bond acceptors (Lipinski definition) is 2. The van der Waals surface area contributed by atoms with Crippen LogP contribution in [0.5, 0.6) is 0 Å². The zero-order valence-electron chi connectivity index (χ0n) is 10.2. The second-order valence-electron chi connectivity index (χ2n) is 5.15. The molecule has 3 atom stereocenters. The van der Waals surface area contributed by atoms with Gasteiger partial charge in [0, 0.05) is 12.6 Å². The molecule has 1 saturated heterocycles. The Morgan fingerprint density at radius 3 is 2.50 bits per heavy atom. The molecule has 0 radical (unpaired) electrons. The molecule has 0 spiro atoms. The Morgan fingerprint density at radius 1 is 1.25 bits per heavy atom. The van der Waals surface area contributed by atoms with Gasteiger partial charge in [-0.3, -0.25) is 0 Å². The van der Waals surface area contributed by atoms with Gasteiger partial charge < -0.3 is 11.1 Å². The Labute approximate surface area is 98.2 Å². The maximum absolute atomic E-state index is 5.61. The summed E-state index contributed by atoms with van der Waals surface area (Å²) >= 11 is 0. The second-order valence-corrected chi connectivity index (χ2v) is 5.15. The highest BCUT2D eigenvalue weighted by Gasteiger charge is 2.25. The lowest BCUT2D eigenvalue weighted by molar-refractivity contribution is 0.247. The van der Waals surface area contributed by atoms with Gasteiger partial charge in [0.2, 0.25) is 0 Å². The molecule has 1 aliphatic rings. The molecule has 1 aromatic carbocycles. The van der Waals surface area contributed by atoms with Crippen LogP contribution in [0, 0.1) is 11.8 Å². The smallest absolute Gasteiger partial charge is 0.0346 e. The molecule has 3 N–H and O–H groups in total. The fraction of sp³-hybridized carbons (Fsp3) is 0.571. The lowest BCUT2D eigenvalue weighted by atomic mass is 9.83. The molecule has 1 aliphatic heterocycles. The SMILES string of the molecule is CC1CNC(c2ccc(CN)cc2)C(C)C1. The molecule has 0 amide bonds. The molecule has 0 bridgehead atoms. The predicted octanol–water partition coefficient (Wildman–Crippen LogP) is 2.45. The number of nitrogens with one attached hydrogen (secondary N) is 1. The van der Waals surface area contributed by atoms with Gasteiger partial charge in [-0.1, -0.05) is 38.1 Å². The minimum absolute atomic E-state index is 0.517. The molecular weight excluding hydrogens is 196 g/mol. The summed E-state index contributed by atoms with van der Waals surface area (Å²) < 4.78 is 0. The van der Waals surface area contributed by atoms with Crippen LogP contribution in [-0.4, -0.2) is 6.54 Å². The molecule has 0 aromatic heterocycles. The highest BCUT2D eigenvalue weighted by atomic mass is 14.9. The van der Waals surface area contributed by atoms with Gasteiger partial charge in [-0.2, -0.15) is 0 Å². The Balaban J connectivity index is 2.11. The van der Waals surface area contributed by atoms with E-state index in [2.05, 4.69) is 43.4 Å². The van der Waals surface area contributed by atoms with Crippen molar-refractivity contribution in [1.29, 1.82) is 0 Å². The number of nitrogens with two attached hydrogens (primary N) is 1. The van der Waals surface area contributed by atoms with Gasteiger partial charge in [0.1, 0.15) is 0 Å². The third-order valence-electron chi connectivity index (χ3n) is 3.60. The predicted molar refractivity (Wildman–Crippen MR) is 68.0 cm³/mol. The van der Waals surface area contributed by atoms with Gasteiger partial charge >= 0.3 is 0 Å². The number of rotatable bonds is 2. The van der Waals surface area contributed by atoms with Crippen molar-refractivity contribution in [2.75, 3.05) is 6.54 Å². The van der Waals surface area contributed by atoms with E-state index in [0.717, 1.165) is 12.5 Å². The summed E-state index contributed by atoms with van der Waals surface area (Å²) in [4.78, 5) is 0. The third kappa shape index (κ3) is 2.45. The van der Waals surface area contributed by atoms with Crippen molar-refractivity contribution in [3.63, 3.8) is 0 Å².